The maximum absolute atomic E-state index is 11.0. The van der Waals surface area contributed by atoms with Gasteiger partial charge in [-0.05, 0) is 6.92 Å². The molecular formula is C10H20NO4+. The first-order valence-electron chi connectivity index (χ1n) is 4.80. The number of carbonyl (C=O) groups is 2. The van der Waals surface area contributed by atoms with Crippen molar-refractivity contribution in [3.63, 3.8) is 0 Å². The molecule has 1 unspecified atom stereocenters. The van der Waals surface area contributed by atoms with Crippen LogP contribution in [0.3, 0.4) is 0 Å². The van der Waals surface area contributed by atoms with Crippen molar-refractivity contribution in [2.75, 3.05) is 27.7 Å². The number of carboxylic acids is 1. The van der Waals surface area contributed by atoms with Crippen LogP contribution in [0.2, 0.25) is 0 Å². The van der Waals surface area contributed by atoms with Gasteiger partial charge >= 0.3 is 11.9 Å². The lowest BCUT2D eigenvalue weighted by Crippen LogP contribution is -2.46. The van der Waals surface area contributed by atoms with E-state index in [1.807, 2.05) is 21.1 Å². The molecule has 0 spiro atoms. The van der Waals surface area contributed by atoms with Gasteiger partial charge in [0.25, 0.3) is 0 Å². The average Bonchev–Trinajstić information content (AvgIpc) is 1.98. The zero-order valence-electron chi connectivity index (χ0n) is 10.0. The monoisotopic (exact) mass is 218 g/mol. The number of nitrogens with zero attached hydrogens (tertiary/aromatic N) is 1. The highest BCUT2D eigenvalue weighted by molar-refractivity contribution is 5.80. The fourth-order valence-electron chi connectivity index (χ4n) is 1.07. The molecule has 0 heterocycles. The third kappa shape index (κ3) is 5.37. The molecule has 5 heteroatoms. The molecule has 88 valence electrons. The van der Waals surface area contributed by atoms with Crippen molar-refractivity contribution in [2.24, 2.45) is 0 Å². The molecule has 0 fully saturated rings. The summed E-state index contributed by atoms with van der Waals surface area (Å²) in [5.41, 5.74) is -1.42. The zero-order valence-corrected chi connectivity index (χ0v) is 10.0. The molecule has 0 aliphatic carbocycles. The van der Waals surface area contributed by atoms with Gasteiger partial charge in [0.2, 0.25) is 5.60 Å². The van der Waals surface area contributed by atoms with Crippen molar-refractivity contribution < 1.29 is 23.9 Å². The largest absolute Gasteiger partial charge is 0.478 e. The smallest absolute Gasteiger partial charge is 0.348 e. The Hall–Kier alpha value is -1.10. The molecule has 1 atom stereocenters. The Morgan fingerprint density at radius 2 is 1.80 bits per heavy atom. The van der Waals surface area contributed by atoms with Crippen molar-refractivity contribution in [1.82, 2.24) is 0 Å². The molecule has 1 N–H and O–H groups in total. The van der Waals surface area contributed by atoms with E-state index in [1.54, 1.807) is 0 Å². The average molecular weight is 218 g/mol. The van der Waals surface area contributed by atoms with E-state index in [9.17, 15) is 9.59 Å². The van der Waals surface area contributed by atoms with Crippen LogP contribution in [0.5, 0.6) is 0 Å². The van der Waals surface area contributed by atoms with Crippen LogP contribution in [-0.4, -0.2) is 54.8 Å². The molecule has 5 nitrogen and oxygen atoms in total. The summed E-state index contributed by atoms with van der Waals surface area (Å²) in [6.07, 6.45) is 0.297. The second-order valence-electron chi connectivity index (χ2n) is 4.89. The highest BCUT2D eigenvalue weighted by Gasteiger charge is 2.38. The number of aliphatic carboxylic acids is 1. The summed E-state index contributed by atoms with van der Waals surface area (Å²) in [4.78, 5) is 21.8. The summed E-state index contributed by atoms with van der Waals surface area (Å²) in [7, 11) is 5.86. The highest BCUT2D eigenvalue weighted by Crippen LogP contribution is 2.17. The molecule has 0 saturated heterocycles. The Bertz CT molecular complexity index is 257. The van der Waals surface area contributed by atoms with Crippen LogP contribution in [0.4, 0.5) is 0 Å². The number of hydrogen-bond acceptors (Lipinski definition) is 3. The summed E-state index contributed by atoms with van der Waals surface area (Å²) in [5.74, 6) is -1.67. The van der Waals surface area contributed by atoms with Gasteiger partial charge in [-0.15, -0.1) is 0 Å². The van der Waals surface area contributed by atoms with Crippen molar-refractivity contribution in [3.05, 3.63) is 0 Å². The van der Waals surface area contributed by atoms with Crippen LogP contribution >= 0.6 is 0 Å². The van der Waals surface area contributed by atoms with E-state index in [2.05, 4.69) is 0 Å². The lowest BCUT2D eigenvalue weighted by molar-refractivity contribution is -0.871. The van der Waals surface area contributed by atoms with E-state index < -0.39 is 17.5 Å². The van der Waals surface area contributed by atoms with Crippen molar-refractivity contribution in [2.45, 2.75) is 25.9 Å². The molecule has 0 aromatic rings. The van der Waals surface area contributed by atoms with E-state index in [0.717, 1.165) is 0 Å². The topological polar surface area (TPSA) is 63.6 Å². The molecule has 0 bridgehead atoms. The summed E-state index contributed by atoms with van der Waals surface area (Å²) >= 11 is 0. The SMILES string of the molecule is CC(=O)OC(C)(CC[N+](C)(C)C)C(=O)O. The summed E-state index contributed by atoms with van der Waals surface area (Å²) in [5, 5.41) is 8.99. The second kappa shape index (κ2) is 4.61. The minimum atomic E-state index is -1.42. The molecule has 0 aromatic heterocycles. The van der Waals surface area contributed by atoms with Gasteiger partial charge in [0, 0.05) is 13.3 Å². The van der Waals surface area contributed by atoms with Crippen LogP contribution in [0.25, 0.3) is 0 Å². The summed E-state index contributed by atoms with van der Waals surface area (Å²) in [6.45, 7) is 3.26. The lowest BCUT2D eigenvalue weighted by Gasteiger charge is -2.30. The number of esters is 1. The molecule has 0 aromatic carbocycles. The number of ether oxygens (including phenoxy) is 1. The van der Waals surface area contributed by atoms with Crippen LogP contribution in [0.1, 0.15) is 20.3 Å². The normalized spacial score (nSPS) is 15.5. The number of hydrogen-bond donors (Lipinski definition) is 1. The molecule has 0 aliphatic rings. The highest BCUT2D eigenvalue weighted by atomic mass is 16.6. The maximum Gasteiger partial charge on any atom is 0.348 e. The summed E-state index contributed by atoms with van der Waals surface area (Å²) in [6, 6.07) is 0. The molecule has 0 amide bonds. The number of carboxylic acid groups (broad SMARTS) is 1. The van der Waals surface area contributed by atoms with Gasteiger partial charge in [0.05, 0.1) is 27.7 Å². The van der Waals surface area contributed by atoms with Gasteiger partial charge in [0.1, 0.15) is 0 Å². The Morgan fingerprint density at radius 3 is 2.07 bits per heavy atom. The van der Waals surface area contributed by atoms with E-state index in [1.165, 1.54) is 13.8 Å². The van der Waals surface area contributed by atoms with Crippen molar-refractivity contribution in [3.8, 4) is 0 Å². The van der Waals surface area contributed by atoms with Crippen molar-refractivity contribution >= 4 is 11.9 Å². The van der Waals surface area contributed by atoms with Crippen LogP contribution in [0.15, 0.2) is 0 Å². The molecule has 0 aliphatic heterocycles. The lowest BCUT2D eigenvalue weighted by atomic mass is 10.0. The van der Waals surface area contributed by atoms with E-state index in [0.29, 0.717) is 17.4 Å². The quantitative estimate of drug-likeness (QED) is 0.539. The van der Waals surface area contributed by atoms with Gasteiger partial charge in [-0.3, -0.25) is 4.79 Å². The van der Waals surface area contributed by atoms with Gasteiger partial charge < -0.3 is 14.3 Å². The Labute approximate surface area is 90.2 Å². The first kappa shape index (κ1) is 13.9. The van der Waals surface area contributed by atoms with E-state index in [4.69, 9.17) is 9.84 Å². The first-order chi connectivity index (χ1) is 6.57. The van der Waals surface area contributed by atoms with Crippen molar-refractivity contribution in [1.29, 1.82) is 0 Å². The predicted molar refractivity (Wildman–Crippen MR) is 55.3 cm³/mol. The molecular weight excluding hydrogens is 198 g/mol. The van der Waals surface area contributed by atoms with Crippen LogP contribution in [-0.2, 0) is 14.3 Å². The Balaban J connectivity index is 4.53. The molecule has 0 rings (SSSR count). The Kier molecular flexibility index (Phi) is 4.27. The number of rotatable bonds is 5. The number of carbonyl (C=O) groups excluding carboxylic acids is 1. The van der Waals surface area contributed by atoms with Gasteiger partial charge in [0.15, 0.2) is 0 Å². The minimum absolute atomic E-state index is 0.297. The minimum Gasteiger partial charge on any atom is -0.478 e. The fraction of sp³-hybridized carbons (Fsp3) is 0.800. The Morgan fingerprint density at radius 1 is 1.33 bits per heavy atom. The fourth-order valence-corrected chi connectivity index (χ4v) is 1.07. The van der Waals surface area contributed by atoms with Gasteiger partial charge in [-0.1, -0.05) is 0 Å². The molecule has 15 heavy (non-hydrogen) atoms. The standard InChI is InChI=1S/C10H19NO4/c1-8(12)15-10(2,9(13)14)6-7-11(3,4)5/h6-7H2,1-5H3/p+1. The molecule has 0 saturated carbocycles. The van der Waals surface area contributed by atoms with E-state index in [-0.39, 0.29) is 0 Å². The van der Waals surface area contributed by atoms with Crippen LogP contribution in [0, 0.1) is 0 Å². The summed E-state index contributed by atoms with van der Waals surface area (Å²) < 4.78 is 5.48. The maximum atomic E-state index is 11.0. The molecule has 0 radical (unpaired) electrons. The first-order valence-corrected chi connectivity index (χ1v) is 4.80. The third-order valence-corrected chi connectivity index (χ3v) is 2.08. The predicted octanol–water partition coefficient (Wildman–Crippen LogP) is 0.489. The number of quaternary nitrogens is 1. The van der Waals surface area contributed by atoms with Gasteiger partial charge in [-0.2, -0.15) is 0 Å². The van der Waals surface area contributed by atoms with Gasteiger partial charge in [-0.25, -0.2) is 4.79 Å². The second-order valence-corrected chi connectivity index (χ2v) is 4.89. The third-order valence-electron chi connectivity index (χ3n) is 2.08. The zero-order chi connectivity index (χ0) is 12.3. The van der Waals surface area contributed by atoms with E-state index >= 15 is 0 Å². The van der Waals surface area contributed by atoms with Crippen LogP contribution < -0.4 is 0 Å².